The van der Waals surface area contributed by atoms with E-state index >= 15 is 0 Å². The predicted molar refractivity (Wildman–Crippen MR) is 110 cm³/mol. The van der Waals surface area contributed by atoms with Gasteiger partial charge in [-0.15, -0.1) is 0 Å². The van der Waals surface area contributed by atoms with Crippen molar-refractivity contribution in [1.29, 1.82) is 0 Å². The van der Waals surface area contributed by atoms with E-state index in [1.807, 2.05) is 30.3 Å². The van der Waals surface area contributed by atoms with Crippen LogP contribution >= 0.6 is 11.6 Å². The number of hydrogen-bond acceptors (Lipinski definition) is 5. The number of sulfonamides is 1. The van der Waals surface area contributed by atoms with Gasteiger partial charge in [0.25, 0.3) is 0 Å². The van der Waals surface area contributed by atoms with Gasteiger partial charge in [-0.1, -0.05) is 54.1 Å². The van der Waals surface area contributed by atoms with Crippen LogP contribution in [0.5, 0.6) is 0 Å². The standard InChI is InChI=1S/C20H23ClN2O5S/c1-29(25,26)23-18(13-15-5-3-2-4-6-15)19(24)22-14-20(27-11-12-28-20)16-7-9-17(21)10-8-16/h2-10,18,23H,11-14H2,1H3,(H,22,24). The van der Waals surface area contributed by atoms with E-state index in [1.54, 1.807) is 24.3 Å². The predicted octanol–water partition coefficient (Wildman–Crippen LogP) is 1.82. The fourth-order valence-corrected chi connectivity index (χ4v) is 3.99. The van der Waals surface area contributed by atoms with E-state index in [0.717, 1.165) is 17.4 Å². The van der Waals surface area contributed by atoms with Gasteiger partial charge in [-0.25, -0.2) is 13.1 Å². The molecule has 2 N–H and O–H groups in total. The van der Waals surface area contributed by atoms with Gasteiger partial charge in [-0.2, -0.15) is 0 Å². The minimum absolute atomic E-state index is 0.0319. The molecule has 1 atom stereocenters. The molecule has 1 unspecified atom stereocenters. The molecule has 1 heterocycles. The van der Waals surface area contributed by atoms with E-state index in [2.05, 4.69) is 10.0 Å². The maximum absolute atomic E-state index is 12.8. The molecule has 0 radical (unpaired) electrons. The normalized spacial score (nSPS) is 17.0. The van der Waals surface area contributed by atoms with E-state index in [0.29, 0.717) is 18.2 Å². The Morgan fingerprint density at radius 2 is 1.72 bits per heavy atom. The minimum atomic E-state index is -3.59. The molecule has 0 spiro atoms. The van der Waals surface area contributed by atoms with Gasteiger partial charge < -0.3 is 14.8 Å². The Hall–Kier alpha value is -1.97. The molecular weight excluding hydrogens is 416 g/mol. The zero-order valence-corrected chi connectivity index (χ0v) is 17.5. The van der Waals surface area contributed by atoms with Gasteiger partial charge >= 0.3 is 0 Å². The van der Waals surface area contributed by atoms with Crippen LogP contribution in [-0.4, -0.2) is 46.4 Å². The molecule has 0 bridgehead atoms. The van der Waals surface area contributed by atoms with Crippen molar-refractivity contribution in [2.75, 3.05) is 26.0 Å². The molecule has 0 saturated carbocycles. The number of hydrogen-bond donors (Lipinski definition) is 2. The Balaban J connectivity index is 1.74. The summed E-state index contributed by atoms with van der Waals surface area (Å²) >= 11 is 5.95. The molecule has 1 aliphatic rings. The first-order chi connectivity index (χ1) is 13.8. The Kier molecular flexibility index (Phi) is 6.92. The Morgan fingerprint density at radius 3 is 2.31 bits per heavy atom. The number of carbonyl (C=O) groups is 1. The second-order valence-electron chi connectivity index (χ2n) is 6.81. The number of ether oxygens (including phenoxy) is 2. The Labute approximate surface area is 175 Å². The van der Waals surface area contributed by atoms with Crippen molar-refractivity contribution in [3.63, 3.8) is 0 Å². The van der Waals surface area contributed by atoms with E-state index in [-0.39, 0.29) is 13.0 Å². The zero-order chi connectivity index (χ0) is 20.9. The van der Waals surface area contributed by atoms with E-state index < -0.39 is 27.8 Å². The van der Waals surface area contributed by atoms with Crippen LogP contribution in [-0.2, 0) is 36.5 Å². The van der Waals surface area contributed by atoms with Crippen LogP contribution < -0.4 is 10.0 Å². The van der Waals surface area contributed by atoms with Gasteiger partial charge in [-0.3, -0.25) is 4.79 Å². The fraction of sp³-hybridized carbons (Fsp3) is 0.350. The minimum Gasteiger partial charge on any atom is -0.349 e. The average molecular weight is 439 g/mol. The third-order valence-electron chi connectivity index (χ3n) is 4.49. The zero-order valence-electron chi connectivity index (χ0n) is 15.9. The first-order valence-electron chi connectivity index (χ1n) is 9.10. The molecule has 9 heteroatoms. The summed E-state index contributed by atoms with van der Waals surface area (Å²) in [5.41, 5.74) is 1.56. The molecule has 3 rings (SSSR count). The summed E-state index contributed by atoms with van der Waals surface area (Å²) in [5, 5.41) is 3.35. The lowest BCUT2D eigenvalue weighted by Gasteiger charge is -2.29. The number of halogens is 1. The molecule has 7 nitrogen and oxygen atoms in total. The van der Waals surface area contributed by atoms with E-state index in [9.17, 15) is 13.2 Å². The van der Waals surface area contributed by atoms with E-state index in [1.165, 1.54) is 0 Å². The highest BCUT2D eigenvalue weighted by Crippen LogP contribution is 2.31. The number of amides is 1. The van der Waals surface area contributed by atoms with Gasteiger partial charge in [0, 0.05) is 10.6 Å². The summed E-state index contributed by atoms with van der Waals surface area (Å²) in [6, 6.07) is 15.2. The second-order valence-corrected chi connectivity index (χ2v) is 9.02. The van der Waals surface area contributed by atoms with Crippen molar-refractivity contribution < 1.29 is 22.7 Å². The van der Waals surface area contributed by atoms with Crippen LogP contribution in [0.4, 0.5) is 0 Å². The fourth-order valence-electron chi connectivity index (χ4n) is 3.15. The monoisotopic (exact) mass is 438 g/mol. The lowest BCUT2D eigenvalue weighted by Crippen LogP contribution is -2.51. The Bertz CT molecular complexity index is 929. The van der Waals surface area contributed by atoms with E-state index in [4.69, 9.17) is 21.1 Å². The maximum Gasteiger partial charge on any atom is 0.238 e. The number of nitrogens with one attached hydrogen (secondary N) is 2. The maximum atomic E-state index is 12.8. The molecule has 0 aliphatic carbocycles. The summed E-state index contributed by atoms with van der Waals surface area (Å²) in [5.74, 6) is -1.60. The third-order valence-corrected chi connectivity index (χ3v) is 5.45. The second kappa shape index (κ2) is 9.23. The molecular formula is C20H23ClN2O5S. The largest absolute Gasteiger partial charge is 0.349 e. The van der Waals surface area contributed by atoms with Gasteiger partial charge in [0.2, 0.25) is 21.7 Å². The number of benzene rings is 2. The quantitative estimate of drug-likeness (QED) is 0.655. The average Bonchev–Trinajstić information content (AvgIpc) is 3.16. The van der Waals surface area contributed by atoms with Crippen molar-refractivity contribution in [1.82, 2.24) is 10.0 Å². The SMILES string of the molecule is CS(=O)(=O)NC(Cc1ccccc1)C(=O)NCC1(c2ccc(Cl)cc2)OCCO1. The number of rotatable bonds is 8. The van der Waals surface area contributed by atoms with Crippen LogP contribution in [0.1, 0.15) is 11.1 Å². The molecule has 2 aromatic carbocycles. The first-order valence-corrected chi connectivity index (χ1v) is 11.4. The van der Waals surface area contributed by atoms with Gasteiger partial charge in [-0.05, 0) is 24.1 Å². The third kappa shape index (κ3) is 6.01. The molecule has 29 heavy (non-hydrogen) atoms. The van der Waals surface area contributed by atoms with Crippen LogP contribution in [0.3, 0.4) is 0 Å². The number of carbonyl (C=O) groups excluding carboxylic acids is 1. The molecule has 1 saturated heterocycles. The summed E-state index contributed by atoms with van der Waals surface area (Å²) in [7, 11) is -3.59. The van der Waals surface area contributed by atoms with Crippen molar-refractivity contribution in [2.45, 2.75) is 18.2 Å². The summed E-state index contributed by atoms with van der Waals surface area (Å²) in [4.78, 5) is 12.8. The van der Waals surface area contributed by atoms with Crippen LogP contribution in [0.15, 0.2) is 54.6 Å². The highest BCUT2D eigenvalue weighted by molar-refractivity contribution is 7.88. The smallest absolute Gasteiger partial charge is 0.238 e. The molecule has 1 amide bonds. The molecule has 156 valence electrons. The van der Waals surface area contributed by atoms with Gasteiger partial charge in [0.1, 0.15) is 6.04 Å². The summed E-state index contributed by atoms with van der Waals surface area (Å²) < 4.78 is 37.5. The van der Waals surface area contributed by atoms with Crippen molar-refractivity contribution in [3.05, 3.63) is 70.7 Å². The van der Waals surface area contributed by atoms with Gasteiger partial charge in [0.15, 0.2) is 0 Å². The Morgan fingerprint density at radius 1 is 1.10 bits per heavy atom. The van der Waals surface area contributed by atoms with Crippen molar-refractivity contribution >= 4 is 27.5 Å². The van der Waals surface area contributed by atoms with Crippen molar-refractivity contribution in [2.24, 2.45) is 0 Å². The molecule has 2 aromatic rings. The van der Waals surface area contributed by atoms with Crippen LogP contribution in [0, 0.1) is 0 Å². The molecule has 0 aromatic heterocycles. The highest BCUT2D eigenvalue weighted by Gasteiger charge is 2.39. The highest BCUT2D eigenvalue weighted by atomic mass is 35.5. The van der Waals surface area contributed by atoms with Crippen molar-refractivity contribution in [3.8, 4) is 0 Å². The topological polar surface area (TPSA) is 93.7 Å². The lowest BCUT2D eigenvalue weighted by molar-refractivity contribution is -0.165. The lowest BCUT2D eigenvalue weighted by atomic mass is 10.0. The molecule has 1 aliphatic heterocycles. The van der Waals surface area contributed by atoms with Crippen LogP contribution in [0.25, 0.3) is 0 Å². The molecule has 1 fully saturated rings. The van der Waals surface area contributed by atoms with Crippen LogP contribution in [0.2, 0.25) is 5.02 Å². The first kappa shape index (κ1) is 21.7. The summed E-state index contributed by atoms with van der Waals surface area (Å²) in [6.45, 7) is 0.797. The van der Waals surface area contributed by atoms with Gasteiger partial charge in [0.05, 0.1) is 26.0 Å². The summed E-state index contributed by atoms with van der Waals surface area (Å²) in [6.07, 6.45) is 1.24.